The van der Waals surface area contributed by atoms with E-state index in [-0.39, 0.29) is 5.92 Å². The zero-order valence-corrected chi connectivity index (χ0v) is 10.1. The summed E-state index contributed by atoms with van der Waals surface area (Å²) in [7, 11) is 0. The van der Waals surface area contributed by atoms with Crippen LogP contribution in [-0.4, -0.2) is 35.1 Å². The summed E-state index contributed by atoms with van der Waals surface area (Å²) in [6.07, 6.45) is -4.50. The monoisotopic (exact) mass is 268 g/mol. The van der Waals surface area contributed by atoms with Crippen LogP contribution >= 0.6 is 12.2 Å². The molecule has 98 valence electrons. The molecule has 0 aliphatic carbocycles. The minimum absolute atomic E-state index is 0.108. The fraction of sp³-hybridized carbons (Fsp3) is 0.800. The summed E-state index contributed by atoms with van der Waals surface area (Å²) in [5, 5.41) is 0. The third-order valence-electron chi connectivity index (χ3n) is 2.87. The maximum Gasteiger partial charge on any atom is 0.389 e. The molecule has 0 bridgehead atoms. The molecule has 0 aromatic carbocycles. The van der Waals surface area contributed by atoms with E-state index in [1.807, 2.05) is 0 Å². The number of likely N-dealkylation sites (tertiary alicyclic amines) is 1. The average molecular weight is 268 g/mol. The van der Waals surface area contributed by atoms with Crippen molar-refractivity contribution < 1.29 is 18.0 Å². The topological polar surface area (TPSA) is 46.3 Å². The zero-order valence-electron chi connectivity index (χ0n) is 9.29. The van der Waals surface area contributed by atoms with Gasteiger partial charge in [-0.2, -0.15) is 13.2 Å². The van der Waals surface area contributed by atoms with Crippen molar-refractivity contribution in [1.82, 2.24) is 4.90 Å². The van der Waals surface area contributed by atoms with Gasteiger partial charge in [0.1, 0.15) is 0 Å². The molecule has 0 atom stereocenters. The molecule has 0 spiro atoms. The van der Waals surface area contributed by atoms with Crippen LogP contribution in [0.15, 0.2) is 0 Å². The van der Waals surface area contributed by atoms with Crippen LogP contribution < -0.4 is 5.73 Å². The largest absolute Gasteiger partial charge is 0.393 e. The highest BCUT2D eigenvalue weighted by molar-refractivity contribution is 7.80. The van der Waals surface area contributed by atoms with E-state index < -0.39 is 24.9 Å². The number of hydrogen-bond acceptors (Lipinski definition) is 2. The molecule has 0 saturated carbocycles. The highest BCUT2D eigenvalue weighted by atomic mass is 32.1. The Hall–Kier alpha value is -0.850. The minimum atomic E-state index is -4.27. The molecule has 1 aliphatic heterocycles. The Morgan fingerprint density at radius 1 is 1.35 bits per heavy atom. The van der Waals surface area contributed by atoms with Crippen molar-refractivity contribution in [3.8, 4) is 0 Å². The maximum atomic E-state index is 11.9. The number of piperidine rings is 1. The van der Waals surface area contributed by atoms with E-state index in [4.69, 9.17) is 18.0 Å². The van der Waals surface area contributed by atoms with E-state index in [2.05, 4.69) is 0 Å². The van der Waals surface area contributed by atoms with Crippen molar-refractivity contribution in [3.05, 3.63) is 0 Å². The Morgan fingerprint density at radius 3 is 2.29 bits per heavy atom. The molecule has 0 radical (unpaired) electrons. The van der Waals surface area contributed by atoms with Crippen LogP contribution in [0.3, 0.4) is 0 Å². The van der Waals surface area contributed by atoms with Gasteiger partial charge >= 0.3 is 6.18 Å². The van der Waals surface area contributed by atoms with Crippen LogP contribution in [0.4, 0.5) is 13.2 Å². The SMILES string of the molecule is NC(=S)C1CCN(C(=O)CCC(F)(F)F)CC1. The summed E-state index contributed by atoms with van der Waals surface area (Å²) >= 11 is 4.85. The van der Waals surface area contributed by atoms with Crippen molar-refractivity contribution in [1.29, 1.82) is 0 Å². The van der Waals surface area contributed by atoms with Gasteiger partial charge in [0, 0.05) is 25.4 Å². The summed E-state index contributed by atoms with van der Waals surface area (Å²) in [5.74, 6) is -0.333. The Kier molecular flexibility index (Phi) is 4.73. The van der Waals surface area contributed by atoms with E-state index in [0.29, 0.717) is 30.9 Å². The molecule has 0 aromatic heterocycles. The number of alkyl halides is 3. The third-order valence-corrected chi connectivity index (χ3v) is 3.21. The smallest absolute Gasteiger partial charge is 0.389 e. The molecule has 0 aromatic rings. The van der Waals surface area contributed by atoms with Gasteiger partial charge in [0.15, 0.2) is 0 Å². The third kappa shape index (κ3) is 4.89. The minimum Gasteiger partial charge on any atom is -0.393 e. The van der Waals surface area contributed by atoms with E-state index >= 15 is 0 Å². The summed E-state index contributed by atoms with van der Waals surface area (Å²) in [5.41, 5.74) is 5.48. The first-order valence-corrected chi connectivity index (χ1v) is 5.84. The van der Waals surface area contributed by atoms with Gasteiger partial charge in [0.25, 0.3) is 0 Å². The number of rotatable bonds is 3. The quantitative estimate of drug-likeness (QED) is 0.795. The van der Waals surface area contributed by atoms with Crippen LogP contribution in [0.5, 0.6) is 0 Å². The Morgan fingerprint density at radius 2 is 1.88 bits per heavy atom. The second-order valence-electron chi connectivity index (χ2n) is 4.17. The molecule has 1 heterocycles. The van der Waals surface area contributed by atoms with E-state index in [1.165, 1.54) is 4.90 Å². The highest BCUT2D eigenvalue weighted by Gasteiger charge is 2.30. The first kappa shape index (κ1) is 14.2. The predicted molar refractivity (Wildman–Crippen MR) is 61.4 cm³/mol. The average Bonchev–Trinajstić information content (AvgIpc) is 2.25. The molecule has 2 N–H and O–H groups in total. The van der Waals surface area contributed by atoms with Crippen molar-refractivity contribution in [2.45, 2.75) is 31.9 Å². The Bertz CT molecular complexity index is 298. The number of carbonyl (C=O) groups excluding carboxylic acids is 1. The first-order valence-electron chi connectivity index (χ1n) is 5.43. The zero-order chi connectivity index (χ0) is 13.1. The van der Waals surface area contributed by atoms with Gasteiger partial charge in [-0.05, 0) is 12.8 Å². The molecular formula is C10H15F3N2OS. The molecular weight excluding hydrogens is 253 g/mol. The summed E-state index contributed by atoms with van der Waals surface area (Å²) < 4.78 is 35.8. The van der Waals surface area contributed by atoms with E-state index in [1.54, 1.807) is 0 Å². The number of hydrogen-bond donors (Lipinski definition) is 1. The number of nitrogens with two attached hydrogens (primary N) is 1. The van der Waals surface area contributed by atoms with Gasteiger partial charge in [0.05, 0.1) is 11.4 Å². The van der Waals surface area contributed by atoms with Crippen LogP contribution in [0.25, 0.3) is 0 Å². The van der Waals surface area contributed by atoms with Gasteiger partial charge in [-0.15, -0.1) is 0 Å². The van der Waals surface area contributed by atoms with Crippen molar-refractivity contribution in [3.63, 3.8) is 0 Å². The fourth-order valence-corrected chi connectivity index (χ4v) is 2.06. The van der Waals surface area contributed by atoms with Gasteiger partial charge in [-0.3, -0.25) is 4.79 Å². The maximum absolute atomic E-state index is 11.9. The summed E-state index contributed by atoms with van der Waals surface area (Å²) in [4.78, 5) is 13.4. The molecule has 1 fully saturated rings. The standard InChI is InChI=1S/C10H15F3N2OS/c11-10(12,13)4-1-8(16)15-5-2-7(3-6-15)9(14)17/h7H,1-6H2,(H2,14,17). The lowest BCUT2D eigenvalue weighted by molar-refractivity contribution is -0.149. The number of amides is 1. The van der Waals surface area contributed by atoms with Crippen LogP contribution in [0.1, 0.15) is 25.7 Å². The molecule has 7 heteroatoms. The van der Waals surface area contributed by atoms with E-state index in [0.717, 1.165) is 0 Å². The molecule has 1 rings (SSSR count). The summed E-state index contributed by atoms with van der Waals surface area (Å²) in [6.45, 7) is 0.886. The van der Waals surface area contributed by atoms with Gasteiger partial charge in [-0.1, -0.05) is 12.2 Å². The van der Waals surface area contributed by atoms with Crippen LogP contribution in [-0.2, 0) is 4.79 Å². The number of carbonyl (C=O) groups is 1. The fourth-order valence-electron chi connectivity index (χ4n) is 1.82. The summed E-state index contributed by atoms with van der Waals surface area (Å²) in [6, 6.07) is 0. The van der Waals surface area contributed by atoms with Crippen molar-refractivity contribution >= 4 is 23.1 Å². The molecule has 17 heavy (non-hydrogen) atoms. The number of nitrogens with zero attached hydrogens (tertiary/aromatic N) is 1. The van der Waals surface area contributed by atoms with Gasteiger partial charge in [0.2, 0.25) is 5.91 Å². The van der Waals surface area contributed by atoms with Crippen molar-refractivity contribution in [2.24, 2.45) is 11.7 Å². The lowest BCUT2D eigenvalue weighted by atomic mass is 9.96. The number of thiocarbonyl (C=S) groups is 1. The van der Waals surface area contributed by atoms with Gasteiger partial charge < -0.3 is 10.6 Å². The molecule has 3 nitrogen and oxygen atoms in total. The van der Waals surface area contributed by atoms with Gasteiger partial charge in [-0.25, -0.2) is 0 Å². The Balaban J connectivity index is 2.33. The van der Waals surface area contributed by atoms with E-state index in [9.17, 15) is 18.0 Å². The normalized spacial score (nSPS) is 18.2. The predicted octanol–water partition coefficient (Wildman–Crippen LogP) is 1.85. The molecule has 1 amide bonds. The molecule has 1 saturated heterocycles. The lowest BCUT2D eigenvalue weighted by Crippen LogP contribution is -2.41. The Labute approximate surface area is 103 Å². The second kappa shape index (κ2) is 5.66. The van der Waals surface area contributed by atoms with Crippen molar-refractivity contribution in [2.75, 3.05) is 13.1 Å². The molecule has 0 unspecified atom stereocenters. The first-order chi connectivity index (χ1) is 7.79. The number of halogens is 3. The molecule has 1 aliphatic rings. The lowest BCUT2D eigenvalue weighted by Gasteiger charge is -2.31. The highest BCUT2D eigenvalue weighted by Crippen LogP contribution is 2.23. The van der Waals surface area contributed by atoms with Crippen LogP contribution in [0.2, 0.25) is 0 Å². The van der Waals surface area contributed by atoms with Crippen LogP contribution in [0, 0.1) is 5.92 Å². The second-order valence-corrected chi connectivity index (χ2v) is 4.64.